The zero-order valence-electron chi connectivity index (χ0n) is 8.59. The Balaban J connectivity index is 2.10. The molecule has 0 unspecified atom stereocenters. The molecular formula is C10H20N2O2. The van der Waals surface area contributed by atoms with Crippen LogP contribution in [0.2, 0.25) is 0 Å². The first kappa shape index (κ1) is 11.5. The van der Waals surface area contributed by atoms with Gasteiger partial charge in [-0.25, -0.2) is 0 Å². The maximum Gasteiger partial charge on any atom is 0.220 e. The van der Waals surface area contributed by atoms with Crippen LogP contribution in [-0.4, -0.2) is 30.7 Å². The Morgan fingerprint density at radius 2 is 2.21 bits per heavy atom. The standard InChI is InChI=1S/C10H20N2O2/c11-6-1-2-9(14)12-8-10(3-4-10)5-7-13/h13H,1-8,11H2,(H,12,14). The van der Waals surface area contributed by atoms with Crippen molar-refractivity contribution in [3.63, 3.8) is 0 Å². The number of nitrogens with one attached hydrogen (secondary N) is 1. The first-order chi connectivity index (χ1) is 6.72. The molecule has 0 bridgehead atoms. The van der Waals surface area contributed by atoms with Crippen LogP contribution < -0.4 is 11.1 Å². The van der Waals surface area contributed by atoms with Crippen LogP contribution in [0.25, 0.3) is 0 Å². The van der Waals surface area contributed by atoms with Gasteiger partial charge in [-0.2, -0.15) is 0 Å². The highest BCUT2D eigenvalue weighted by atomic mass is 16.3. The molecule has 1 fully saturated rings. The van der Waals surface area contributed by atoms with Gasteiger partial charge in [-0.15, -0.1) is 0 Å². The molecule has 0 aromatic rings. The first-order valence-corrected chi connectivity index (χ1v) is 5.30. The fourth-order valence-electron chi connectivity index (χ4n) is 1.57. The van der Waals surface area contributed by atoms with E-state index in [9.17, 15) is 4.79 Å². The highest BCUT2D eigenvalue weighted by Gasteiger charge is 2.41. The number of carbonyl (C=O) groups is 1. The third-order valence-corrected chi connectivity index (χ3v) is 2.87. The second kappa shape index (κ2) is 5.32. The highest BCUT2D eigenvalue weighted by Crippen LogP contribution is 2.47. The molecule has 1 saturated carbocycles. The zero-order chi connectivity index (χ0) is 10.4. The number of nitrogens with two attached hydrogens (primary N) is 1. The summed E-state index contributed by atoms with van der Waals surface area (Å²) in [7, 11) is 0. The van der Waals surface area contributed by atoms with E-state index >= 15 is 0 Å². The lowest BCUT2D eigenvalue weighted by Crippen LogP contribution is -2.30. The van der Waals surface area contributed by atoms with E-state index in [1.54, 1.807) is 0 Å². The molecule has 0 aliphatic heterocycles. The molecule has 0 aromatic heterocycles. The van der Waals surface area contributed by atoms with E-state index in [2.05, 4.69) is 5.32 Å². The van der Waals surface area contributed by atoms with Crippen molar-refractivity contribution in [1.29, 1.82) is 0 Å². The molecule has 4 heteroatoms. The predicted molar refractivity (Wildman–Crippen MR) is 54.7 cm³/mol. The molecule has 4 N–H and O–H groups in total. The summed E-state index contributed by atoms with van der Waals surface area (Å²) < 4.78 is 0. The lowest BCUT2D eigenvalue weighted by atomic mass is 10.0. The number of aliphatic hydroxyl groups excluding tert-OH is 1. The Morgan fingerprint density at radius 1 is 1.50 bits per heavy atom. The van der Waals surface area contributed by atoms with Gasteiger partial charge in [0, 0.05) is 19.6 Å². The second-order valence-corrected chi connectivity index (χ2v) is 4.14. The summed E-state index contributed by atoms with van der Waals surface area (Å²) in [6, 6.07) is 0. The molecule has 0 aromatic carbocycles. The van der Waals surface area contributed by atoms with Crippen molar-refractivity contribution in [2.45, 2.75) is 32.1 Å². The monoisotopic (exact) mass is 200 g/mol. The number of hydrogen-bond donors (Lipinski definition) is 3. The van der Waals surface area contributed by atoms with Gasteiger partial charge in [-0.3, -0.25) is 4.79 Å². The van der Waals surface area contributed by atoms with Gasteiger partial charge in [0.25, 0.3) is 0 Å². The summed E-state index contributed by atoms with van der Waals surface area (Å²) in [6.45, 7) is 1.50. The summed E-state index contributed by atoms with van der Waals surface area (Å²) in [4.78, 5) is 11.3. The smallest absolute Gasteiger partial charge is 0.220 e. The van der Waals surface area contributed by atoms with E-state index in [1.165, 1.54) is 0 Å². The molecule has 0 atom stereocenters. The Labute approximate surface area is 84.9 Å². The summed E-state index contributed by atoms with van der Waals surface area (Å²) in [5.41, 5.74) is 5.52. The van der Waals surface area contributed by atoms with Gasteiger partial charge in [-0.05, 0) is 37.6 Å². The Morgan fingerprint density at radius 3 is 2.71 bits per heavy atom. The fourth-order valence-corrected chi connectivity index (χ4v) is 1.57. The molecular weight excluding hydrogens is 180 g/mol. The van der Waals surface area contributed by atoms with Crippen molar-refractivity contribution in [1.82, 2.24) is 5.32 Å². The van der Waals surface area contributed by atoms with Crippen LogP contribution in [-0.2, 0) is 4.79 Å². The number of aliphatic hydroxyl groups is 1. The quantitative estimate of drug-likeness (QED) is 0.541. The van der Waals surface area contributed by atoms with Crippen LogP contribution in [0, 0.1) is 5.41 Å². The Kier molecular flexibility index (Phi) is 4.35. The SMILES string of the molecule is NCCCC(=O)NCC1(CCO)CC1. The van der Waals surface area contributed by atoms with Gasteiger partial charge < -0.3 is 16.2 Å². The Bertz CT molecular complexity index is 191. The summed E-state index contributed by atoms with van der Waals surface area (Å²) >= 11 is 0. The largest absolute Gasteiger partial charge is 0.396 e. The fraction of sp³-hybridized carbons (Fsp3) is 0.900. The van der Waals surface area contributed by atoms with E-state index in [-0.39, 0.29) is 17.9 Å². The first-order valence-electron chi connectivity index (χ1n) is 5.30. The predicted octanol–water partition coefficient (Wildman–Crippen LogP) is 0.00410. The molecule has 0 heterocycles. The van der Waals surface area contributed by atoms with Crippen LogP contribution in [0.1, 0.15) is 32.1 Å². The van der Waals surface area contributed by atoms with E-state index in [4.69, 9.17) is 10.8 Å². The van der Waals surface area contributed by atoms with E-state index in [0.29, 0.717) is 13.0 Å². The lowest BCUT2D eigenvalue weighted by molar-refractivity contribution is -0.121. The molecule has 1 aliphatic carbocycles. The number of rotatable bonds is 7. The van der Waals surface area contributed by atoms with Gasteiger partial charge >= 0.3 is 0 Å². The minimum absolute atomic E-state index is 0.0830. The number of amides is 1. The minimum Gasteiger partial charge on any atom is -0.396 e. The van der Waals surface area contributed by atoms with Crippen molar-refractivity contribution >= 4 is 5.91 Å². The molecule has 14 heavy (non-hydrogen) atoms. The summed E-state index contributed by atoms with van der Waals surface area (Å²) in [5.74, 6) is 0.0830. The van der Waals surface area contributed by atoms with Crippen LogP contribution in [0.4, 0.5) is 0 Å². The molecule has 0 saturated heterocycles. The van der Waals surface area contributed by atoms with Gasteiger partial charge in [0.05, 0.1) is 0 Å². The highest BCUT2D eigenvalue weighted by molar-refractivity contribution is 5.75. The average molecular weight is 200 g/mol. The van der Waals surface area contributed by atoms with Gasteiger partial charge in [0.2, 0.25) is 5.91 Å². The number of hydrogen-bond acceptors (Lipinski definition) is 3. The molecule has 0 spiro atoms. The average Bonchev–Trinajstić information content (AvgIpc) is 2.93. The van der Waals surface area contributed by atoms with Crippen LogP contribution in [0.3, 0.4) is 0 Å². The van der Waals surface area contributed by atoms with Crippen molar-refractivity contribution in [2.75, 3.05) is 19.7 Å². The van der Waals surface area contributed by atoms with Crippen molar-refractivity contribution in [3.8, 4) is 0 Å². The van der Waals surface area contributed by atoms with E-state index < -0.39 is 0 Å². The van der Waals surface area contributed by atoms with Crippen LogP contribution >= 0.6 is 0 Å². The minimum atomic E-state index is 0.0830. The van der Waals surface area contributed by atoms with Crippen molar-refractivity contribution in [2.24, 2.45) is 11.1 Å². The summed E-state index contributed by atoms with van der Waals surface area (Å²) in [5, 5.41) is 11.7. The maximum atomic E-state index is 11.3. The summed E-state index contributed by atoms with van der Waals surface area (Å²) in [6.07, 6.45) is 4.34. The molecule has 4 nitrogen and oxygen atoms in total. The van der Waals surface area contributed by atoms with Crippen LogP contribution in [0.15, 0.2) is 0 Å². The van der Waals surface area contributed by atoms with E-state index in [0.717, 1.165) is 32.2 Å². The topological polar surface area (TPSA) is 75.4 Å². The molecule has 1 rings (SSSR count). The maximum absolute atomic E-state index is 11.3. The van der Waals surface area contributed by atoms with Gasteiger partial charge in [0.15, 0.2) is 0 Å². The third-order valence-electron chi connectivity index (χ3n) is 2.87. The van der Waals surface area contributed by atoms with E-state index in [1.807, 2.05) is 0 Å². The third kappa shape index (κ3) is 3.64. The van der Waals surface area contributed by atoms with Gasteiger partial charge in [0.1, 0.15) is 0 Å². The molecule has 1 amide bonds. The second-order valence-electron chi connectivity index (χ2n) is 4.14. The lowest BCUT2D eigenvalue weighted by Gasteiger charge is -2.14. The van der Waals surface area contributed by atoms with Crippen molar-refractivity contribution in [3.05, 3.63) is 0 Å². The van der Waals surface area contributed by atoms with Gasteiger partial charge in [-0.1, -0.05) is 0 Å². The zero-order valence-corrected chi connectivity index (χ0v) is 8.59. The van der Waals surface area contributed by atoms with Crippen molar-refractivity contribution < 1.29 is 9.90 Å². The molecule has 0 radical (unpaired) electrons. The van der Waals surface area contributed by atoms with Crippen LogP contribution in [0.5, 0.6) is 0 Å². The molecule has 1 aliphatic rings. The molecule has 82 valence electrons. The Hall–Kier alpha value is -0.610. The normalized spacial score (nSPS) is 17.9. The number of carbonyl (C=O) groups excluding carboxylic acids is 1.